The van der Waals surface area contributed by atoms with Crippen molar-refractivity contribution >= 4 is 5.91 Å². The van der Waals surface area contributed by atoms with E-state index in [9.17, 15) is 9.18 Å². The number of benzene rings is 1. The van der Waals surface area contributed by atoms with Crippen LogP contribution < -0.4 is 5.32 Å². The highest BCUT2D eigenvalue weighted by Crippen LogP contribution is 2.35. The van der Waals surface area contributed by atoms with Gasteiger partial charge in [0, 0.05) is 32.1 Å². The average Bonchev–Trinajstić information content (AvgIpc) is 2.77. The summed E-state index contributed by atoms with van der Waals surface area (Å²) in [6.45, 7) is 2.07. The van der Waals surface area contributed by atoms with Gasteiger partial charge in [-0.15, -0.1) is 0 Å². The number of halogens is 1. The third-order valence-corrected chi connectivity index (χ3v) is 3.71. The van der Waals surface area contributed by atoms with Gasteiger partial charge in [0.1, 0.15) is 0 Å². The van der Waals surface area contributed by atoms with E-state index in [1.807, 2.05) is 35.2 Å². The summed E-state index contributed by atoms with van der Waals surface area (Å²) in [4.78, 5) is 13.5. The fourth-order valence-electron chi connectivity index (χ4n) is 2.78. The molecule has 2 atom stereocenters. The minimum Gasteiger partial charge on any atom is -0.353 e. The predicted octanol–water partition coefficient (Wildman–Crippen LogP) is 0.956. The maximum absolute atomic E-state index is 14.4. The van der Waals surface area contributed by atoms with E-state index in [0.29, 0.717) is 13.1 Å². The highest BCUT2D eigenvalue weighted by molar-refractivity contribution is 5.88. The van der Waals surface area contributed by atoms with Crippen molar-refractivity contribution < 1.29 is 9.18 Å². The van der Waals surface area contributed by atoms with Crippen LogP contribution in [-0.4, -0.2) is 36.1 Å². The molecule has 1 aromatic rings. The summed E-state index contributed by atoms with van der Waals surface area (Å²) in [5.74, 6) is -0.614. The van der Waals surface area contributed by atoms with Crippen LogP contribution in [0.5, 0.6) is 0 Å². The van der Waals surface area contributed by atoms with E-state index in [0.717, 1.165) is 12.1 Å². The Bertz CT molecular complexity index is 436. The molecular weight excluding hydrogens is 219 g/mol. The van der Waals surface area contributed by atoms with Crippen LogP contribution in [0.4, 0.5) is 4.39 Å². The Morgan fingerprint density at radius 2 is 2.18 bits per heavy atom. The number of likely N-dealkylation sites (tertiary alicyclic amines) is 1. The molecule has 2 aliphatic rings. The van der Waals surface area contributed by atoms with Crippen LogP contribution >= 0.6 is 0 Å². The summed E-state index contributed by atoms with van der Waals surface area (Å²) in [6, 6.07) is 9.97. The van der Waals surface area contributed by atoms with Gasteiger partial charge in [0.25, 0.3) is 5.91 Å². The average molecular weight is 234 g/mol. The summed E-state index contributed by atoms with van der Waals surface area (Å²) in [5.41, 5.74) is -0.495. The molecule has 1 aromatic carbocycles. The fourth-order valence-corrected chi connectivity index (χ4v) is 2.78. The van der Waals surface area contributed by atoms with E-state index < -0.39 is 11.6 Å². The van der Waals surface area contributed by atoms with Crippen LogP contribution in [0.15, 0.2) is 30.3 Å². The molecule has 0 aromatic heterocycles. The standard InChI is InChI=1S/C13H15FN2O/c14-13-9-16(7-10-4-2-1-3-5-10)8-11(13)6-15-12(13)17/h1-5,11H,6-9H2,(H,15,17). The molecule has 1 amide bonds. The molecule has 2 saturated heterocycles. The quantitative estimate of drug-likeness (QED) is 0.826. The van der Waals surface area contributed by atoms with Crippen molar-refractivity contribution in [3.05, 3.63) is 35.9 Å². The number of carbonyl (C=O) groups excluding carboxylic acids is 1. The minimum absolute atomic E-state index is 0.182. The first kappa shape index (κ1) is 10.7. The van der Waals surface area contributed by atoms with Crippen LogP contribution in [0.3, 0.4) is 0 Å². The maximum atomic E-state index is 14.4. The van der Waals surface area contributed by atoms with Crippen molar-refractivity contribution in [2.45, 2.75) is 12.2 Å². The Morgan fingerprint density at radius 3 is 2.88 bits per heavy atom. The number of nitrogens with one attached hydrogen (secondary N) is 1. The molecule has 2 aliphatic heterocycles. The minimum atomic E-state index is -1.66. The molecule has 1 N–H and O–H groups in total. The number of alkyl halides is 1. The lowest BCUT2D eigenvalue weighted by atomic mass is 9.97. The van der Waals surface area contributed by atoms with Gasteiger partial charge in [-0.2, -0.15) is 0 Å². The molecule has 2 heterocycles. The van der Waals surface area contributed by atoms with Gasteiger partial charge in [-0.25, -0.2) is 4.39 Å². The molecule has 3 rings (SSSR count). The van der Waals surface area contributed by atoms with Crippen molar-refractivity contribution in [2.24, 2.45) is 5.92 Å². The van der Waals surface area contributed by atoms with Crippen molar-refractivity contribution in [1.82, 2.24) is 10.2 Å². The first-order valence-corrected chi connectivity index (χ1v) is 5.92. The number of hydrogen-bond acceptors (Lipinski definition) is 2. The Labute approximate surface area is 99.6 Å². The van der Waals surface area contributed by atoms with Gasteiger partial charge in [0.05, 0.1) is 0 Å². The van der Waals surface area contributed by atoms with Gasteiger partial charge in [-0.05, 0) is 5.56 Å². The second-order valence-electron chi connectivity index (χ2n) is 4.92. The normalized spacial score (nSPS) is 32.5. The zero-order chi connectivity index (χ0) is 11.9. The monoisotopic (exact) mass is 234 g/mol. The van der Waals surface area contributed by atoms with E-state index in [-0.39, 0.29) is 12.5 Å². The third-order valence-electron chi connectivity index (χ3n) is 3.71. The molecule has 0 radical (unpaired) electrons. The van der Waals surface area contributed by atoms with Crippen molar-refractivity contribution in [3.63, 3.8) is 0 Å². The molecule has 2 unspecified atom stereocenters. The first-order chi connectivity index (χ1) is 8.18. The number of carbonyl (C=O) groups is 1. The molecule has 4 heteroatoms. The SMILES string of the molecule is O=C1NCC2CN(Cc3ccccc3)CC12F. The lowest BCUT2D eigenvalue weighted by molar-refractivity contribution is -0.129. The van der Waals surface area contributed by atoms with E-state index in [2.05, 4.69) is 5.32 Å². The maximum Gasteiger partial charge on any atom is 0.259 e. The van der Waals surface area contributed by atoms with Crippen LogP contribution in [0, 0.1) is 5.92 Å². The van der Waals surface area contributed by atoms with E-state index in [4.69, 9.17) is 0 Å². The summed E-state index contributed by atoms with van der Waals surface area (Å²) < 4.78 is 14.4. The summed E-state index contributed by atoms with van der Waals surface area (Å²) in [5, 5.41) is 2.61. The Balaban J connectivity index is 1.71. The molecule has 0 saturated carbocycles. The Hall–Kier alpha value is -1.42. The van der Waals surface area contributed by atoms with Crippen molar-refractivity contribution in [1.29, 1.82) is 0 Å². The number of amides is 1. The molecule has 3 nitrogen and oxygen atoms in total. The highest BCUT2D eigenvalue weighted by atomic mass is 19.1. The van der Waals surface area contributed by atoms with Crippen LogP contribution in [0.25, 0.3) is 0 Å². The van der Waals surface area contributed by atoms with Gasteiger partial charge in [0.15, 0.2) is 0 Å². The molecule has 0 bridgehead atoms. The van der Waals surface area contributed by atoms with E-state index in [1.165, 1.54) is 0 Å². The predicted molar refractivity (Wildman–Crippen MR) is 62.1 cm³/mol. The number of nitrogens with zero attached hydrogens (tertiary/aromatic N) is 1. The Morgan fingerprint density at radius 1 is 1.41 bits per heavy atom. The molecule has 90 valence electrons. The smallest absolute Gasteiger partial charge is 0.259 e. The molecule has 17 heavy (non-hydrogen) atoms. The fraction of sp³-hybridized carbons (Fsp3) is 0.462. The van der Waals surface area contributed by atoms with Gasteiger partial charge < -0.3 is 5.32 Å². The second kappa shape index (κ2) is 3.81. The molecule has 0 spiro atoms. The molecule has 0 aliphatic carbocycles. The topological polar surface area (TPSA) is 32.3 Å². The molecule has 2 fully saturated rings. The van der Waals surface area contributed by atoms with Crippen molar-refractivity contribution in [2.75, 3.05) is 19.6 Å². The number of rotatable bonds is 2. The molecular formula is C13H15FN2O. The first-order valence-electron chi connectivity index (χ1n) is 5.92. The summed E-state index contributed by atoms with van der Waals surface area (Å²) in [6.07, 6.45) is 0. The van der Waals surface area contributed by atoms with Crippen molar-refractivity contribution in [3.8, 4) is 0 Å². The van der Waals surface area contributed by atoms with Gasteiger partial charge >= 0.3 is 0 Å². The zero-order valence-corrected chi connectivity index (χ0v) is 9.53. The van der Waals surface area contributed by atoms with E-state index in [1.54, 1.807) is 0 Å². The van der Waals surface area contributed by atoms with Crippen LogP contribution in [0.1, 0.15) is 5.56 Å². The largest absolute Gasteiger partial charge is 0.353 e. The van der Waals surface area contributed by atoms with Gasteiger partial charge in [-0.1, -0.05) is 30.3 Å². The second-order valence-corrected chi connectivity index (χ2v) is 4.92. The zero-order valence-electron chi connectivity index (χ0n) is 9.53. The highest BCUT2D eigenvalue weighted by Gasteiger charge is 2.56. The van der Waals surface area contributed by atoms with E-state index >= 15 is 0 Å². The third kappa shape index (κ3) is 1.72. The lowest BCUT2D eigenvalue weighted by Gasteiger charge is -2.17. The summed E-state index contributed by atoms with van der Waals surface area (Å²) >= 11 is 0. The number of hydrogen-bond donors (Lipinski definition) is 1. The van der Waals surface area contributed by atoms with Crippen LogP contribution in [0.2, 0.25) is 0 Å². The van der Waals surface area contributed by atoms with Crippen LogP contribution in [-0.2, 0) is 11.3 Å². The summed E-state index contributed by atoms with van der Waals surface area (Å²) in [7, 11) is 0. The van der Waals surface area contributed by atoms with Gasteiger partial charge in [-0.3, -0.25) is 9.69 Å². The van der Waals surface area contributed by atoms with Gasteiger partial charge in [0.2, 0.25) is 5.67 Å². The Kier molecular flexibility index (Phi) is 2.40. The lowest BCUT2D eigenvalue weighted by Crippen LogP contribution is -2.40. The number of fused-ring (bicyclic) bond motifs is 1.